The Morgan fingerprint density at radius 3 is 2.78 bits per heavy atom. The minimum atomic E-state index is 0.0160. The number of nitriles is 1. The van der Waals surface area contributed by atoms with Gasteiger partial charge >= 0.3 is 0 Å². The summed E-state index contributed by atoms with van der Waals surface area (Å²) < 4.78 is 10.7. The zero-order valence-corrected chi connectivity index (χ0v) is 21.7. The average molecular weight is 491 g/mol. The maximum Gasteiger partial charge on any atom is 0.227 e. The number of piperazine rings is 1. The molecule has 1 saturated carbocycles. The molecule has 192 valence electrons. The molecule has 0 unspecified atom stereocenters. The van der Waals surface area contributed by atoms with Gasteiger partial charge in [-0.05, 0) is 43.4 Å². The number of carbonyl (C=O) groups is 1. The topological polar surface area (TPSA) is 78.7 Å². The van der Waals surface area contributed by atoms with Gasteiger partial charge in [0.15, 0.2) is 0 Å². The lowest BCUT2D eigenvalue weighted by molar-refractivity contribution is -0.132. The van der Waals surface area contributed by atoms with Crippen LogP contribution in [0.1, 0.15) is 73.8 Å². The normalized spacial score (nSPS) is 21.0. The zero-order valence-electron chi connectivity index (χ0n) is 21.7. The van der Waals surface area contributed by atoms with E-state index >= 15 is 0 Å². The Hall–Kier alpha value is -3.11. The highest BCUT2D eigenvalue weighted by molar-refractivity contribution is 5.80. The molecule has 2 fully saturated rings. The molecule has 4 rings (SSSR count). The van der Waals surface area contributed by atoms with Crippen LogP contribution in [0.5, 0.6) is 0 Å². The summed E-state index contributed by atoms with van der Waals surface area (Å²) in [4.78, 5) is 22.4. The second-order valence-electron chi connectivity index (χ2n) is 10.0. The first-order valence-electron chi connectivity index (χ1n) is 13.1. The van der Waals surface area contributed by atoms with Gasteiger partial charge in [-0.1, -0.05) is 38.0 Å². The first-order valence-corrected chi connectivity index (χ1v) is 13.1. The molecule has 0 radical (unpaired) electrons. The van der Waals surface area contributed by atoms with Gasteiger partial charge in [0.1, 0.15) is 11.9 Å². The van der Waals surface area contributed by atoms with Crippen molar-refractivity contribution in [2.75, 3.05) is 38.3 Å². The average Bonchev–Trinajstić information content (AvgIpc) is 2.90. The predicted octanol–water partition coefficient (Wildman–Crippen LogP) is 4.77. The van der Waals surface area contributed by atoms with E-state index in [1.807, 2.05) is 17.1 Å². The number of methoxy groups -OCH3 is 1. The van der Waals surface area contributed by atoms with Gasteiger partial charge < -0.3 is 19.3 Å². The second-order valence-corrected chi connectivity index (χ2v) is 10.0. The zero-order chi connectivity index (χ0) is 25.5. The van der Waals surface area contributed by atoms with Crippen molar-refractivity contribution in [3.63, 3.8) is 0 Å². The molecule has 0 spiro atoms. The number of amides is 1. The van der Waals surface area contributed by atoms with Gasteiger partial charge in [0.05, 0.1) is 44.3 Å². The van der Waals surface area contributed by atoms with Crippen molar-refractivity contribution >= 4 is 11.7 Å². The molecule has 36 heavy (non-hydrogen) atoms. The molecule has 1 aliphatic carbocycles. The summed E-state index contributed by atoms with van der Waals surface area (Å²) in [6, 6.07) is 2.50. The second kappa shape index (κ2) is 12.2. The molecule has 0 N–H and O–H groups in total. The maximum absolute atomic E-state index is 13.0. The maximum atomic E-state index is 13.0. The first kappa shape index (κ1) is 26.0. The number of nitrogens with zero attached hydrogens (tertiary/aromatic N) is 4. The van der Waals surface area contributed by atoms with Crippen LogP contribution in [0.3, 0.4) is 0 Å². The summed E-state index contributed by atoms with van der Waals surface area (Å²) in [6.45, 7) is 9.22. The highest BCUT2D eigenvalue weighted by Gasteiger charge is 2.33. The molecule has 1 saturated heterocycles. The highest BCUT2D eigenvalue weighted by atomic mass is 16.5. The SMILES string of the molecule is C=C(/C=C\C=C/OC)CC(=O)N1CCN(c2nc(C3CCCCC3)c3c(c2C#N)CCOC3)C[C@H]1C. The van der Waals surface area contributed by atoms with E-state index in [0.29, 0.717) is 44.3 Å². The van der Waals surface area contributed by atoms with E-state index in [1.165, 1.54) is 19.3 Å². The van der Waals surface area contributed by atoms with Crippen LogP contribution in [0, 0.1) is 11.3 Å². The third-order valence-electron chi connectivity index (χ3n) is 7.56. The summed E-state index contributed by atoms with van der Waals surface area (Å²) in [7, 11) is 1.59. The van der Waals surface area contributed by atoms with Crippen molar-refractivity contribution in [3.05, 3.63) is 59.0 Å². The Morgan fingerprint density at radius 1 is 1.25 bits per heavy atom. The monoisotopic (exact) mass is 490 g/mol. The number of allylic oxidation sites excluding steroid dienone is 3. The van der Waals surface area contributed by atoms with Crippen LogP contribution in [-0.2, 0) is 27.3 Å². The van der Waals surface area contributed by atoms with Crippen molar-refractivity contribution in [1.29, 1.82) is 5.26 Å². The molecular formula is C29H38N4O3. The smallest absolute Gasteiger partial charge is 0.227 e. The Bertz CT molecular complexity index is 1070. The molecule has 7 nitrogen and oxygen atoms in total. The fourth-order valence-electron chi connectivity index (χ4n) is 5.71. The minimum Gasteiger partial charge on any atom is -0.504 e. The van der Waals surface area contributed by atoms with Gasteiger partial charge in [0, 0.05) is 37.2 Å². The van der Waals surface area contributed by atoms with Crippen molar-refractivity contribution in [2.24, 2.45) is 0 Å². The summed E-state index contributed by atoms with van der Waals surface area (Å²) in [5.74, 6) is 1.32. The highest BCUT2D eigenvalue weighted by Crippen LogP contribution is 2.39. The van der Waals surface area contributed by atoms with Gasteiger partial charge in [0.2, 0.25) is 5.91 Å². The van der Waals surface area contributed by atoms with Gasteiger partial charge in [0.25, 0.3) is 0 Å². The summed E-state index contributed by atoms with van der Waals surface area (Å²) in [6.07, 6.45) is 14.1. The van der Waals surface area contributed by atoms with Crippen molar-refractivity contribution < 1.29 is 14.3 Å². The third-order valence-corrected chi connectivity index (χ3v) is 7.56. The molecule has 0 aromatic carbocycles. The van der Waals surface area contributed by atoms with Crippen LogP contribution in [0.2, 0.25) is 0 Å². The molecule has 3 heterocycles. The molecular weight excluding hydrogens is 452 g/mol. The molecule has 3 aliphatic rings. The molecule has 2 aliphatic heterocycles. The van der Waals surface area contributed by atoms with Crippen LogP contribution >= 0.6 is 0 Å². The third kappa shape index (κ3) is 5.82. The quantitative estimate of drug-likeness (QED) is 0.405. The Labute approximate surface area is 215 Å². The van der Waals surface area contributed by atoms with Gasteiger partial charge in [-0.25, -0.2) is 4.98 Å². The molecule has 1 aromatic heterocycles. The lowest BCUT2D eigenvalue weighted by atomic mass is 9.82. The molecule has 7 heteroatoms. The van der Waals surface area contributed by atoms with E-state index in [4.69, 9.17) is 14.5 Å². The van der Waals surface area contributed by atoms with Crippen LogP contribution < -0.4 is 4.90 Å². The first-order chi connectivity index (χ1) is 17.5. The van der Waals surface area contributed by atoms with E-state index in [1.54, 1.807) is 19.4 Å². The van der Waals surface area contributed by atoms with E-state index in [2.05, 4.69) is 24.5 Å². The van der Waals surface area contributed by atoms with Crippen LogP contribution in [0.15, 0.2) is 36.6 Å². The minimum absolute atomic E-state index is 0.0160. The number of ether oxygens (including phenoxy) is 2. The van der Waals surface area contributed by atoms with Crippen molar-refractivity contribution in [1.82, 2.24) is 9.88 Å². The van der Waals surface area contributed by atoms with Gasteiger partial charge in [-0.3, -0.25) is 4.79 Å². The number of anilines is 1. The standard InChI is InChI=1S/C29H38N4O3/c1-21(9-7-8-15-35-3)17-27(34)33-14-13-32(19-22(33)2)29-25(18-30)24-12-16-36-20-26(24)28(31-29)23-10-5-4-6-11-23/h7-9,15,22-23H,1,4-6,10-14,16-17,19-20H2,2-3H3/b9-7-,15-8-/t22-/m1/s1. The summed E-state index contributed by atoms with van der Waals surface area (Å²) in [5, 5.41) is 10.2. The number of pyridine rings is 1. The van der Waals surface area contributed by atoms with Crippen LogP contribution in [-0.4, -0.2) is 55.2 Å². The van der Waals surface area contributed by atoms with Crippen LogP contribution in [0.4, 0.5) is 5.82 Å². The number of hydrogen-bond acceptors (Lipinski definition) is 6. The number of hydrogen-bond donors (Lipinski definition) is 0. The van der Waals surface area contributed by atoms with E-state index in [9.17, 15) is 10.1 Å². The Morgan fingerprint density at radius 2 is 2.06 bits per heavy atom. The number of carbonyl (C=O) groups excluding carboxylic acids is 1. The van der Waals surface area contributed by atoms with E-state index in [-0.39, 0.29) is 18.4 Å². The number of rotatable bonds is 7. The molecule has 0 bridgehead atoms. The lowest BCUT2D eigenvalue weighted by Gasteiger charge is -2.41. The largest absolute Gasteiger partial charge is 0.504 e. The molecule has 1 aromatic rings. The molecule has 1 amide bonds. The predicted molar refractivity (Wildman–Crippen MR) is 141 cm³/mol. The van der Waals surface area contributed by atoms with Crippen molar-refractivity contribution in [2.45, 2.75) is 70.4 Å². The van der Waals surface area contributed by atoms with E-state index in [0.717, 1.165) is 47.5 Å². The van der Waals surface area contributed by atoms with Crippen molar-refractivity contribution in [3.8, 4) is 6.07 Å². The number of aromatic nitrogens is 1. The Balaban J connectivity index is 1.52. The summed E-state index contributed by atoms with van der Waals surface area (Å²) in [5.41, 5.74) is 4.89. The van der Waals surface area contributed by atoms with Gasteiger partial charge in [-0.2, -0.15) is 5.26 Å². The van der Waals surface area contributed by atoms with E-state index < -0.39 is 0 Å². The fourth-order valence-corrected chi connectivity index (χ4v) is 5.71. The Kier molecular flexibility index (Phi) is 8.82. The van der Waals surface area contributed by atoms with Crippen LogP contribution in [0.25, 0.3) is 0 Å². The fraction of sp³-hybridized carbons (Fsp3) is 0.552. The summed E-state index contributed by atoms with van der Waals surface area (Å²) >= 11 is 0. The number of fused-ring (bicyclic) bond motifs is 1. The molecule has 1 atom stereocenters. The lowest BCUT2D eigenvalue weighted by Crippen LogP contribution is -2.54. The van der Waals surface area contributed by atoms with Gasteiger partial charge in [-0.15, -0.1) is 0 Å².